The Morgan fingerprint density at radius 2 is 0.395 bits per heavy atom. The molecule has 0 spiro atoms. The van der Waals surface area contributed by atoms with E-state index in [1.165, 1.54) is 139 Å². The van der Waals surface area contributed by atoms with Gasteiger partial charge in [-0.3, -0.25) is 38.4 Å². The number of hydrogen-bond acceptors (Lipinski definition) is 24. The van der Waals surface area contributed by atoms with E-state index in [0.717, 1.165) is 54.0 Å². The van der Waals surface area contributed by atoms with E-state index in [1.807, 2.05) is 0 Å². The lowest BCUT2D eigenvalue weighted by atomic mass is 10.1. The van der Waals surface area contributed by atoms with Crippen molar-refractivity contribution in [2.75, 3.05) is 26.9 Å². The molecule has 8 aromatic rings. The molecule has 0 aromatic heterocycles. The molecule has 0 bridgehead atoms. The fourth-order valence-corrected chi connectivity index (χ4v) is 10.7. The van der Waals surface area contributed by atoms with Crippen molar-refractivity contribution in [3.05, 3.63) is 284 Å². The molecule has 114 heavy (non-hydrogen) atoms. The minimum atomic E-state index is -0.780. The summed E-state index contributed by atoms with van der Waals surface area (Å²) in [6.45, 7) is 6.95. The van der Waals surface area contributed by atoms with Crippen LogP contribution >= 0.6 is 0 Å². The number of amides is 8. The summed E-state index contributed by atoms with van der Waals surface area (Å²) in [4.78, 5) is 200. The van der Waals surface area contributed by atoms with Gasteiger partial charge in [0.15, 0.2) is 26.9 Å². The molecule has 8 amide bonds. The number of ether oxygens (including phenoxy) is 8. The van der Waals surface area contributed by atoms with Gasteiger partial charge in [0.2, 0.25) is 0 Å². The number of carbonyl (C=O) groups is 16. The van der Waals surface area contributed by atoms with E-state index in [1.54, 1.807) is 97.1 Å². The Kier molecular flexibility index (Phi) is 28.3. The zero-order chi connectivity index (χ0) is 78.8. The molecule has 0 atom stereocenters. The van der Waals surface area contributed by atoms with Crippen molar-refractivity contribution in [3.63, 3.8) is 0 Å². The Morgan fingerprint density at radius 3 is 0.561 bits per heavy atom. The molecule has 0 unspecified atom stereocenters. The van der Waals surface area contributed by atoms with Crippen molar-refractivity contribution in [3.8, 4) is 45.3 Å². The first-order chi connectivity index (χ1) is 52.6. The molecular weight excluding hydrogens is 1470 g/mol. The largest absolute Gasteiger partial charge is 0.440 e. The van der Waals surface area contributed by atoms with Gasteiger partial charge in [0, 0.05) is 45.6 Å². The Bertz CT molecular complexity index is 4930. The maximum absolute atomic E-state index is 12.8. The lowest BCUT2D eigenvalue weighted by molar-refractivity contribution is -0.143. The van der Waals surface area contributed by atoms with Gasteiger partial charge in [-0.05, 0) is 209 Å². The number of carbonyl (C=O) groups excluding carboxylic acids is 16. The molecule has 28 nitrogen and oxygen atoms in total. The fraction of sp³-hybridized carbons (Fsp3) is 0.163. The first-order valence-corrected chi connectivity index (χ1v) is 33.1. The van der Waals surface area contributed by atoms with Gasteiger partial charge in [-0.1, -0.05) is 78.2 Å². The summed E-state index contributed by atoms with van der Waals surface area (Å²) in [5.74, 6) is -9.00. The standard InChI is InChI=1S/C42H32N2O12.C40H28N2O12.4CH4/c1-23-24(2)36(46)43(35(23)45)21-53-39(49)29-5-9-31(10-6-29)41(51)55-33-17-13-27(14-18-33)28-15-19-34(20-16-28)56-42(52)32-11-7-30(8-12-32)40(50)54-22-44-37(47)25(3)26(4)38(44)48;1-23-19-33(43)41(35(23)45)21-51-37(47)27-3-7-29(8-4-27)39(49)53-31-15-11-25(12-16-31)26-13-17-32(18-14-26)54-40(50)30-9-5-28(6-10-30)38(48)52-22-42-34(44)20-24(2)36(42)46;;;;/h5-20H,21-22H2,1-4H3;3-20H,21-22H2,1-2H3;4*1H4. The van der Waals surface area contributed by atoms with Crippen molar-refractivity contribution in [2.24, 2.45) is 0 Å². The molecule has 0 fully saturated rings. The van der Waals surface area contributed by atoms with Crippen LogP contribution in [-0.4, -0.2) is 142 Å². The minimum Gasteiger partial charge on any atom is -0.440 e. The highest BCUT2D eigenvalue weighted by Crippen LogP contribution is 2.30. The number of imide groups is 4. The zero-order valence-corrected chi connectivity index (χ0v) is 59.0. The maximum Gasteiger partial charge on any atom is 0.343 e. The summed E-state index contributed by atoms with van der Waals surface area (Å²) in [5, 5.41) is 0. The zero-order valence-electron chi connectivity index (χ0n) is 59.0. The second-order valence-corrected chi connectivity index (χ2v) is 24.6. The molecule has 0 N–H and O–H groups in total. The van der Waals surface area contributed by atoms with E-state index in [0.29, 0.717) is 22.3 Å². The van der Waals surface area contributed by atoms with Crippen LogP contribution in [0.1, 0.15) is 154 Å². The van der Waals surface area contributed by atoms with Gasteiger partial charge in [0.25, 0.3) is 47.3 Å². The number of hydrogen-bond donors (Lipinski definition) is 0. The van der Waals surface area contributed by atoms with Gasteiger partial charge < -0.3 is 37.9 Å². The summed E-state index contributed by atoms with van der Waals surface area (Å²) in [5.41, 5.74) is 5.93. The molecule has 0 saturated heterocycles. The molecule has 4 aliphatic rings. The predicted molar refractivity (Wildman–Crippen MR) is 409 cm³/mol. The quantitative estimate of drug-likeness (QED) is 0.0263. The molecule has 584 valence electrons. The Morgan fingerprint density at radius 1 is 0.228 bits per heavy atom. The van der Waals surface area contributed by atoms with Crippen molar-refractivity contribution in [1.29, 1.82) is 0 Å². The minimum absolute atomic E-state index is 0. The Labute approximate surface area is 653 Å². The summed E-state index contributed by atoms with van der Waals surface area (Å²) in [7, 11) is 0. The van der Waals surface area contributed by atoms with E-state index in [2.05, 4.69) is 0 Å². The van der Waals surface area contributed by atoms with Crippen molar-refractivity contribution >= 4 is 95.0 Å². The van der Waals surface area contributed by atoms with Crippen LogP contribution in [0.4, 0.5) is 0 Å². The van der Waals surface area contributed by atoms with E-state index in [9.17, 15) is 76.7 Å². The highest BCUT2D eigenvalue weighted by atomic mass is 16.6. The molecule has 28 heteroatoms. The lowest BCUT2D eigenvalue weighted by Gasteiger charge is -2.14. The second-order valence-electron chi connectivity index (χ2n) is 24.6. The van der Waals surface area contributed by atoms with Gasteiger partial charge in [0.1, 0.15) is 23.0 Å². The summed E-state index contributed by atoms with van der Waals surface area (Å²) in [6, 6.07) is 48.8. The van der Waals surface area contributed by atoms with Gasteiger partial charge in [-0.25, -0.2) is 58.0 Å². The van der Waals surface area contributed by atoms with Crippen molar-refractivity contribution in [1.82, 2.24) is 19.6 Å². The SMILES string of the molecule is C.C.C.C.CC1=C(C)C(=O)N(COC(=O)c2ccc(C(=O)Oc3ccc(-c4ccc(OC(=O)c5ccc(C(=O)OCN6C(=O)C(C)=C(C)C6=O)cc5)cc4)cc3)cc2)C1=O.CC1=CC(=O)N(COC(=O)c2ccc(C(=O)Oc3ccc(-c4ccc(OC(=O)c5ccc(C(=O)OCN6C(=O)C=C(C)C6=O)cc5)cc4)cc3)cc2)C1=O. The first kappa shape index (κ1) is 86.3. The van der Waals surface area contributed by atoms with Crippen LogP contribution in [0.5, 0.6) is 23.0 Å². The van der Waals surface area contributed by atoms with Crippen LogP contribution in [-0.2, 0) is 57.3 Å². The van der Waals surface area contributed by atoms with Crippen LogP contribution in [0.3, 0.4) is 0 Å². The lowest BCUT2D eigenvalue weighted by Crippen LogP contribution is -2.34. The monoisotopic (exact) mass is 1550 g/mol. The maximum atomic E-state index is 12.8. The summed E-state index contributed by atoms with van der Waals surface area (Å²) >= 11 is 0. The molecule has 12 rings (SSSR count). The number of nitrogens with zero attached hydrogens (tertiary/aromatic N) is 4. The molecule has 0 radical (unpaired) electrons. The first-order valence-electron chi connectivity index (χ1n) is 33.1. The molecule has 4 heterocycles. The topological polar surface area (TPSA) is 360 Å². The number of esters is 8. The summed E-state index contributed by atoms with van der Waals surface area (Å²) < 4.78 is 42.2. The van der Waals surface area contributed by atoms with Crippen LogP contribution in [0, 0.1) is 0 Å². The normalized spacial score (nSPS) is 13.4. The van der Waals surface area contributed by atoms with Crippen LogP contribution < -0.4 is 18.9 Å². The molecule has 0 aliphatic carbocycles. The Balaban J connectivity index is 0.000000305. The van der Waals surface area contributed by atoms with E-state index in [-0.39, 0.29) is 108 Å². The van der Waals surface area contributed by atoms with E-state index >= 15 is 0 Å². The van der Waals surface area contributed by atoms with Crippen molar-refractivity contribution < 1.29 is 115 Å². The molecule has 4 aliphatic heterocycles. The van der Waals surface area contributed by atoms with Crippen LogP contribution in [0.2, 0.25) is 0 Å². The number of rotatable bonds is 22. The van der Waals surface area contributed by atoms with E-state index in [4.69, 9.17) is 37.9 Å². The second kappa shape index (κ2) is 37.4. The van der Waals surface area contributed by atoms with E-state index < -0.39 is 122 Å². The molecule has 0 saturated carbocycles. The third kappa shape index (κ3) is 19.7. The van der Waals surface area contributed by atoms with Gasteiger partial charge in [-0.2, -0.15) is 0 Å². The average Bonchev–Trinajstić information content (AvgIpc) is 1.64. The van der Waals surface area contributed by atoms with Crippen LogP contribution in [0.25, 0.3) is 22.3 Å². The summed E-state index contributed by atoms with van der Waals surface area (Å²) in [6.07, 6.45) is 2.32. The third-order valence-electron chi connectivity index (χ3n) is 17.4. The van der Waals surface area contributed by atoms with Gasteiger partial charge in [0.05, 0.1) is 44.5 Å². The van der Waals surface area contributed by atoms with Crippen molar-refractivity contribution in [2.45, 2.75) is 71.2 Å². The Hall–Kier alpha value is -15.0. The highest BCUT2D eigenvalue weighted by Gasteiger charge is 2.36. The van der Waals surface area contributed by atoms with Crippen LogP contribution in [0.15, 0.2) is 240 Å². The molecule has 8 aromatic carbocycles. The third-order valence-corrected chi connectivity index (χ3v) is 17.4. The van der Waals surface area contributed by atoms with Gasteiger partial charge >= 0.3 is 47.8 Å². The van der Waals surface area contributed by atoms with Gasteiger partial charge in [-0.15, -0.1) is 0 Å². The fourth-order valence-electron chi connectivity index (χ4n) is 10.7. The molecular formula is C86H76N4O24. The smallest absolute Gasteiger partial charge is 0.343 e. The highest BCUT2D eigenvalue weighted by molar-refractivity contribution is 6.20. The number of benzene rings is 8. The average molecular weight is 1550 g/mol. The predicted octanol–water partition coefficient (Wildman–Crippen LogP) is 12.6.